The summed E-state index contributed by atoms with van der Waals surface area (Å²) in [7, 11) is 0. The zero-order valence-electron chi connectivity index (χ0n) is 14.8. The molecule has 0 saturated carbocycles. The minimum atomic E-state index is -0.0665. The molecule has 26 heavy (non-hydrogen) atoms. The highest BCUT2D eigenvalue weighted by molar-refractivity contribution is 5.52. The normalized spacial score (nSPS) is 19.4. The van der Waals surface area contributed by atoms with Gasteiger partial charge >= 0.3 is 0 Å². The van der Waals surface area contributed by atoms with E-state index in [1.54, 1.807) is 0 Å². The minimum Gasteiger partial charge on any atom is -0.381 e. The van der Waals surface area contributed by atoms with Gasteiger partial charge in [-0.1, -0.05) is 78.9 Å². The Morgan fingerprint density at radius 2 is 1.46 bits per heavy atom. The van der Waals surface area contributed by atoms with E-state index >= 15 is 0 Å². The summed E-state index contributed by atoms with van der Waals surface area (Å²) >= 11 is 0. The molecule has 3 aromatic carbocycles. The molecule has 3 aromatic rings. The molecule has 1 aliphatic rings. The SMILES string of the molecule is c1ccc(CNc2ccccc2C2NC(Cc3ccccc3)CO2)cc1. The summed E-state index contributed by atoms with van der Waals surface area (Å²) in [6.07, 6.45) is 0.917. The van der Waals surface area contributed by atoms with Crippen molar-refractivity contribution < 1.29 is 4.74 Å². The maximum atomic E-state index is 6.07. The van der Waals surface area contributed by atoms with Crippen LogP contribution in [0.1, 0.15) is 22.9 Å². The van der Waals surface area contributed by atoms with Gasteiger partial charge in [0.1, 0.15) is 6.23 Å². The van der Waals surface area contributed by atoms with Crippen LogP contribution in [0, 0.1) is 0 Å². The fourth-order valence-electron chi connectivity index (χ4n) is 3.40. The molecule has 2 N–H and O–H groups in total. The molecule has 0 amide bonds. The second-order valence-electron chi connectivity index (χ2n) is 6.69. The Hall–Kier alpha value is -2.62. The topological polar surface area (TPSA) is 33.3 Å². The van der Waals surface area contributed by atoms with Gasteiger partial charge in [-0.3, -0.25) is 5.32 Å². The highest BCUT2D eigenvalue weighted by atomic mass is 16.5. The van der Waals surface area contributed by atoms with Crippen molar-refractivity contribution in [2.45, 2.75) is 25.2 Å². The lowest BCUT2D eigenvalue weighted by Gasteiger charge is -2.18. The molecule has 2 unspecified atom stereocenters. The number of nitrogens with one attached hydrogen (secondary N) is 2. The lowest BCUT2D eigenvalue weighted by Crippen LogP contribution is -2.28. The smallest absolute Gasteiger partial charge is 0.136 e. The first-order valence-electron chi connectivity index (χ1n) is 9.17. The fraction of sp³-hybridized carbons (Fsp3) is 0.217. The van der Waals surface area contributed by atoms with Crippen molar-refractivity contribution in [3.63, 3.8) is 0 Å². The van der Waals surface area contributed by atoms with Crippen LogP contribution in [0.4, 0.5) is 5.69 Å². The van der Waals surface area contributed by atoms with Crippen LogP contribution < -0.4 is 10.6 Å². The Bertz CT molecular complexity index is 820. The summed E-state index contributed by atoms with van der Waals surface area (Å²) < 4.78 is 6.07. The molecule has 0 spiro atoms. The van der Waals surface area contributed by atoms with E-state index in [4.69, 9.17) is 4.74 Å². The lowest BCUT2D eigenvalue weighted by molar-refractivity contribution is 0.101. The first-order valence-corrected chi connectivity index (χ1v) is 9.17. The number of hydrogen-bond acceptors (Lipinski definition) is 3. The Morgan fingerprint density at radius 3 is 2.23 bits per heavy atom. The predicted molar refractivity (Wildman–Crippen MR) is 106 cm³/mol. The molecule has 132 valence electrons. The maximum Gasteiger partial charge on any atom is 0.136 e. The Morgan fingerprint density at radius 1 is 0.808 bits per heavy atom. The number of rotatable bonds is 6. The first kappa shape index (κ1) is 16.8. The molecule has 4 rings (SSSR count). The second-order valence-corrected chi connectivity index (χ2v) is 6.69. The van der Waals surface area contributed by atoms with Crippen molar-refractivity contribution in [1.29, 1.82) is 0 Å². The van der Waals surface area contributed by atoms with Crippen LogP contribution in [0.25, 0.3) is 0 Å². The molecule has 3 heteroatoms. The lowest BCUT2D eigenvalue weighted by atomic mass is 10.1. The molecule has 1 heterocycles. The average molecular weight is 344 g/mol. The van der Waals surface area contributed by atoms with E-state index in [1.165, 1.54) is 16.7 Å². The number of para-hydroxylation sites is 1. The number of ether oxygens (including phenoxy) is 1. The van der Waals surface area contributed by atoms with Crippen LogP contribution in [-0.4, -0.2) is 12.6 Å². The van der Waals surface area contributed by atoms with Crippen molar-refractivity contribution >= 4 is 5.69 Å². The van der Waals surface area contributed by atoms with Crippen LogP contribution in [-0.2, 0) is 17.7 Å². The van der Waals surface area contributed by atoms with Crippen molar-refractivity contribution in [2.75, 3.05) is 11.9 Å². The molecule has 2 atom stereocenters. The maximum absolute atomic E-state index is 6.07. The molecule has 1 saturated heterocycles. The van der Waals surface area contributed by atoms with Gasteiger partial charge in [-0.05, 0) is 23.6 Å². The predicted octanol–water partition coefficient (Wildman–Crippen LogP) is 4.53. The van der Waals surface area contributed by atoms with Crippen molar-refractivity contribution in [3.8, 4) is 0 Å². The molecule has 0 bridgehead atoms. The van der Waals surface area contributed by atoms with Crippen molar-refractivity contribution in [3.05, 3.63) is 102 Å². The van der Waals surface area contributed by atoms with Gasteiger partial charge in [-0.25, -0.2) is 0 Å². The molecule has 0 aromatic heterocycles. The first-order chi connectivity index (χ1) is 12.9. The van der Waals surface area contributed by atoms with Crippen LogP contribution in [0.15, 0.2) is 84.9 Å². The summed E-state index contributed by atoms with van der Waals surface area (Å²) in [6, 6.07) is 29.7. The molecule has 0 aliphatic carbocycles. The molecule has 1 fully saturated rings. The van der Waals surface area contributed by atoms with Crippen LogP contribution in [0.2, 0.25) is 0 Å². The molecule has 3 nitrogen and oxygen atoms in total. The van der Waals surface area contributed by atoms with Gasteiger partial charge in [0.05, 0.1) is 6.61 Å². The van der Waals surface area contributed by atoms with E-state index in [9.17, 15) is 0 Å². The van der Waals surface area contributed by atoms with Crippen LogP contribution >= 0.6 is 0 Å². The van der Waals surface area contributed by atoms with Gasteiger partial charge in [-0.15, -0.1) is 0 Å². The van der Waals surface area contributed by atoms with Gasteiger partial charge in [0, 0.05) is 23.8 Å². The van der Waals surface area contributed by atoms with Crippen LogP contribution in [0.5, 0.6) is 0 Å². The fourth-order valence-corrected chi connectivity index (χ4v) is 3.40. The summed E-state index contributed by atoms with van der Waals surface area (Å²) in [5.41, 5.74) is 4.89. The Kier molecular flexibility index (Phi) is 5.29. The van der Waals surface area contributed by atoms with Gasteiger partial charge in [-0.2, -0.15) is 0 Å². The molecular weight excluding hydrogens is 320 g/mol. The average Bonchev–Trinajstić information content (AvgIpc) is 3.16. The third kappa shape index (κ3) is 4.13. The summed E-state index contributed by atoms with van der Waals surface area (Å²) in [6.45, 7) is 1.53. The minimum absolute atomic E-state index is 0.0665. The zero-order chi connectivity index (χ0) is 17.6. The second kappa shape index (κ2) is 8.17. The van der Waals surface area contributed by atoms with Gasteiger partial charge in [0.25, 0.3) is 0 Å². The van der Waals surface area contributed by atoms with E-state index < -0.39 is 0 Å². The third-order valence-electron chi connectivity index (χ3n) is 4.75. The van der Waals surface area contributed by atoms with E-state index in [2.05, 4.69) is 89.5 Å². The molecule has 0 radical (unpaired) electrons. The van der Waals surface area contributed by atoms with E-state index in [0.717, 1.165) is 25.3 Å². The van der Waals surface area contributed by atoms with Gasteiger partial charge in [0.2, 0.25) is 0 Å². The van der Waals surface area contributed by atoms with Gasteiger partial charge < -0.3 is 10.1 Å². The highest BCUT2D eigenvalue weighted by Gasteiger charge is 2.27. The number of benzene rings is 3. The quantitative estimate of drug-likeness (QED) is 0.689. The summed E-state index contributed by atoms with van der Waals surface area (Å²) in [5.74, 6) is 0. The standard InChI is InChI=1S/C23H24N2O/c1-3-9-18(10-4-1)15-20-17-26-23(25-20)21-13-7-8-14-22(21)24-16-19-11-5-2-6-12-19/h1-14,20,23-25H,15-17H2. The highest BCUT2D eigenvalue weighted by Crippen LogP contribution is 2.28. The zero-order valence-corrected chi connectivity index (χ0v) is 14.8. The van der Waals surface area contributed by atoms with Crippen molar-refractivity contribution in [1.82, 2.24) is 5.32 Å². The largest absolute Gasteiger partial charge is 0.381 e. The van der Waals surface area contributed by atoms with E-state index in [0.29, 0.717) is 6.04 Å². The third-order valence-corrected chi connectivity index (χ3v) is 4.75. The Labute approximate surface area is 155 Å². The summed E-state index contributed by atoms with van der Waals surface area (Å²) in [4.78, 5) is 0. The van der Waals surface area contributed by atoms with E-state index in [1.807, 2.05) is 6.07 Å². The van der Waals surface area contributed by atoms with Gasteiger partial charge in [0.15, 0.2) is 0 Å². The monoisotopic (exact) mass is 344 g/mol. The number of anilines is 1. The Balaban J connectivity index is 1.41. The molecular formula is C23H24N2O. The number of hydrogen-bond donors (Lipinski definition) is 2. The van der Waals surface area contributed by atoms with Crippen LogP contribution in [0.3, 0.4) is 0 Å². The molecule has 1 aliphatic heterocycles. The van der Waals surface area contributed by atoms with Crippen molar-refractivity contribution in [2.24, 2.45) is 0 Å². The summed E-state index contributed by atoms with van der Waals surface area (Å²) in [5, 5.41) is 7.18. The van der Waals surface area contributed by atoms with E-state index in [-0.39, 0.29) is 6.23 Å².